The standard InChI is InChI=1S/C13H25N3O4S/c1-10(14-21(2,19)20)13(18)16-8-6-15(7-9-16)11-4-3-5-12(11)17/h10-12,14,17H,3-9H2,1-2H3/t10-,11+,12-/m0/s1. The molecule has 0 aromatic carbocycles. The van der Waals surface area contributed by atoms with Crippen LogP contribution in [0.1, 0.15) is 26.2 Å². The van der Waals surface area contributed by atoms with Crippen LogP contribution in [-0.4, -0.2) is 79.9 Å². The number of carbonyl (C=O) groups is 1. The fraction of sp³-hybridized carbons (Fsp3) is 0.923. The Kier molecular flexibility index (Phi) is 5.24. The lowest BCUT2D eigenvalue weighted by atomic mass is 10.1. The quantitative estimate of drug-likeness (QED) is 0.692. The van der Waals surface area contributed by atoms with Crippen molar-refractivity contribution in [3.8, 4) is 0 Å². The second kappa shape index (κ2) is 6.60. The van der Waals surface area contributed by atoms with Crippen LogP contribution in [-0.2, 0) is 14.8 Å². The van der Waals surface area contributed by atoms with Crippen LogP contribution in [0.4, 0.5) is 0 Å². The van der Waals surface area contributed by atoms with Gasteiger partial charge in [0.1, 0.15) is 0 Å². The minimum Gasteiger partial charge on any atom is -0.391 e. The number of carbonyl (C=O) groups excluding carboxylic acids is 1. The van der Waals surface area contributed by atoms with Crippen LogP contribution in [0.15, 0.2) is 0 Å². The van der Waals surface area contributed by atoms with E-state index in [2.05, 4.69) is 9.62 Å². The Labute approximate surface area is 126 Å². The molecule has 2 rings (SSSR count). The number of rotatable bonds is 4. The number of sulfonamides is 1. The van der Waals surface area contributed by atoms with Crippen molar-refractivity contribution in [3.63, 3.8) is 0 Å². The molecular weight excluding hydrogens is 294 g/mol. The predicted octanol–water partition coefficient (Wildman–Crippen LogP) is -1.02. The lowest BCUT2D eigenvalue weighted by Crippen LogP contribution is -2.56. The first kappa shape index (κ1) is 16.7. The summed E-state index contributed by atoms with van der Waals surface area (Å²) in [7, 11) is -3.38. The van der Waals surface area contributed by atoms with Crippen LogP contribution in [0.3, 0.4) is 0 Å². The Bertz CT molecular complexity index is 474. The summed E-state index contributed by atoms with van der Waals surface area (Å²) in [6.45, 7) is 4.20. The van der Waals surface area contributed by atoms with Gasteiger partial charge < -0.3 is 10.0 Å². The van der Waals surface area contributed by atoms with Gasteiger partial charge in [0.25, 0.3) is 0 Å². The molecule has 1 saturated heterocycles. The van der Waals surface area contributed by atoms with Gasteiger partial charge in [0, 0.05) is 32.2 Å². The van der Waals surface area contributed by atoms with E-state index in [4.69, 9.17) is 0 Å². The molecule has 8 heteroatoms. The first-order valence-electron chi connectivity index (χ1n) is 7.46. The fourth-order valence-electron chi connectivity index (χ4n) is 3.27. The second-order valence-electron chi connectivity index (χ2n) is 6.04. The first-order chi connectivity index (χ1) is 9.78. The van der Waals surface area contributed by atoms with Crippen molar-refractivity contribution in [1.29, 1.82) is 0 Å². The molecule has 21 heavy (non-hydrogen) atoms. The molecule has 0 unspecified atom stereocenters. The zero-order chi connectivity index (χ0) is 15.6. The maximum Gasteiger partial charge on any atom is 0.240 e. The zero-order valence-corrected chi connectivity index (χ0v) is 13.5. The predicted molar refractivity (Wildman–Crippen MR) is 79.2 cm³/mol. The Hall–Kier alpha value is -0.700. The first-order valence-corrected chi connectivity index (χ1v) is 9.35. The highest BCUT2D eigenvalue weighted by molar-refractivity contribution is 7.88. The summed E-state index contributed by atoms with van der Waals surface area (Å²) in [4.78, 5) is 16.1. The van der Waals surface area contributed by atoms with Crippen molar-refractivity contribution in [2.24, 2.45) is 0 Å². The van der Waals surface area contributed by atoms with Crippen LogP contribution in [0, 0.1) is 0 Å². The largest absolute Gasteiger partial charge is 0.391 e. The van der Waals surface area contributed by atoms with Crippen LogP contribution in [0.25, 0.3) is 0 Å². The molecule has 1 aliphatic heterocycles. The van der Waals surface area contributed by atoms with Gasteiger partial charge in [0.15, 0.2) is 0 Å². The minimum atomic E-state index is -3.38. The van der Waals surface area contributed by atoms with Crippen molar-refractivity contribution in [2.45, 2.75) is 44.4 Å². The van der Waals surface area contributed by atoms with E-state index in [0.29, 0.717) is 13.1 Å². The number of nitrogens with one attached hydrogen (secondary N) is 1. The average molecular weight is 319 g/mol. The molecule has 2 fully saturated rings. The normalized spacial score (nSPS) is 29.6. The lowest BCUT2D eigenvalue weighted by molar-refractivity contribution is -0.134. The smallest absolute Gasteiger partial charge is 0.240 e. The number of hydrogen-bond acceptors (Lipinski definition) is 5. The highest BCUT2D eigenvalue weighted by Crippen LogP contribution is 2.25. The van der Waals surface area contributed by atoms with Gasteiger partial charge >= 0.3 is 0 Å². The third-order valence-electron chi connectivity index (χ3n) is 4.30. The Balaban J connectivity index is 1.84. The third-order valence-corrected chi connectivity index (χ3v) is 5.08. The highest BCUT2D eigenvalue weighted by Gasteiger charge is 2.34. The van der Waals surface area contributed by atoms with Crippen LogP contribution in [0.5, 0.6) is 0 Å². The maximum absolute atomic E-state index is 12.2. The second-order valence-corrected chi connectivity index (χ2v) is 7.82. The Morgan fingerprint density at radius 2 is 1.86 bits per heavy atom. The van der Waals surface area contributed by atoms with Crippen molar-refractivity contribution < 1.29 is 18.3 Å². The molecule has 0 radical (unpaired) electrons. The molecule has 1 amide bonds. The van der Waals surface area contributed by atoms with Crippen LogP contribution < -0.4 is 4.72 Å². The van der Waals surface area contributed by atoms with E-state index < -0.39 is 16.1 Å². The molecule has 0 spiro atoms. The molecular formula is C13H25N3O4S. The maximum atomic E-state index is 12.2. The molecule has 0 bridgehead atoms. The van der Waals surface area contributed by atoms with Crippen molar-refractivity contribution in [2.75, 3.05) is 32.4 Å². The highest BCUT2D eigenvalue weighted by atomic mass is 32.2. The van der Waals surface area contributed by atoms with Gasteiger partial charge in [-0.1, -0.05) is 0 Å². The summed E-state index contributed by atoms with van der Waals surface area (Å²) in [5, 5.41) is 9.93. The molecule has 3 atom stereocenters. The summed E-state index contributed by atoms with van der Waals surface area (Å²) >= 11 is 0. The zero-order valence-electron chi connectivity index (χ0n) is 12.7. The average Bonchev–Trinajstić information content (AvgIpc) is 2.82. The van der Waals surface area contributed by atoms with Crippen LogP contribution >= 0.6 is 0 Å². The fourth-order valence-corrected chi connectivity index (χ4v) is 4.01. The number of piperazine rings is 1. The number of amides is 1. The van der Waals surface area contributed by atoms with E-state index in [-0.39, 0.29) is 18.1 Å². The third kappa shape index (κ3) is 4.38. The molecule has 0 aromatic heterocycles. The van der Waals surface area contributed by atoms with Gasteiger partial charge in [-0.05, 0) is 26.2 Å². The molecule has 1 saturated carbocycles. The van der Waals surface area contributed by atoms with E-state index in [1.54, 1.807) is 11.8 Å². The number of aliphatic hydroxyl groups excluding tert-OH is 1. The van der Waals surface area contributed by atoms with Crippen molar-refractivity contribution in [1.82, 2.24) is 14.5 Å². The molecule has 2 aliphatic rings. The van der Waals surface area contributed by atoms with E-state index in [1.807, 2.05) is 0 Å². The van der Waals surface area contributed by atoms with E-state index in [1.165, 1.54) is 0 Å². The monoisotopic (exact) mass is 319 g/mol. The van der Waals surface area contributed by atoms with Crippen molar-refractivity contribution >= 4 is 15.9 Å². The summed E-state index contributed by atoms with van der Waals surface area (Å²) in [5.41, 5.74) is 0. The summed E-state index contributed by atoms with van der Waals surface area (Å²) in [5.74, 6) is -0.188. The minimum absolute atomic E-state index is 0.188. The molecule has 0 aromatic rings. The number of hydrogen-bond donors (Lipinski definition) is 2. The SMILES string of the molecule is C[C@H](NS(C)(=O)=O)C(=O)N1CCN([C@@H]2CCC[C@@H]2O)CC1. The van der Waals surface area contributed by atoms with E-state index >= 15 is 0 Å². The van der Waals surface area contributed by atoms with Gasteiger partial charge in [-0.25, -0.2) is 13.1 Å². The molecule has 1 aliphatic carbocycles. The summed E-state index contributed by atoms with van der Waals surface area (Å²) in [6, 6.07) is -0.516. The molecule has 1 heterocycles. The molecule has 122 valence electrons. The number of aliphatic hydroxyl groups is 1. The lowest BCUT2D eigenvalue weighted by Gasteiger charge is -2.39. The van der Waals surface area contributed by atoms with Gasteiger partial charge in [-0.2, -0.15) is 0 Å². The summed E-state index contributed by atoms with van der Waals surface area (Å²) < 4.78 is 24.7. The van der Waals surface area contributed by atoms with Crippen LogP contribution in [0.2, 0.25) is 0 Å². The Morgan fingerprint density at radius 3 is 2.33 bits per heavy atom. The Morgan fingerprint density at radius 1 is 1.24 bits per heavy atom. The van der Waals surface area contributed by atoms with Gasteiger partial charge in [-0.15, -0.1) is 0 Å². The van der Waals surface area contributed by atoms with Gasteiger partial charge in [0.2, 0.25) is 15.9 Å². The van der Waals surface area contributed by atoms with Gasteiger partial charge in [0.05, 0.1) is 18.4 Å². The van der Waals surface area contributed by atoms with Crippen molar-refractivity contribution in [3.05, 3.63) is 0 Å². The van der Waals surface area contributed by atoms with Gasteiger partial charge in [-0.3, -0.25) is 9.69 Å². The molecule has 7 nitrogen and oxygen atoms in total. The van der Waals surface area contributed by atoms with E-state index in [9.17, 15) is 18.3 Å². The van der Waals surface area contributed by atoms with E-state index in [0.717, 1.165) is 38.6 Å². The summed E-state index contributed by atoms with van der Waals surface area (Å²) in [6.07, 6.45) is 3.73. The number of nitrogens with zero attached hydrogens (tertiary/aromatic N) is 2. The topological polar surface area (TPSA) is 90.0 Å². The molecule has 2 N–H and O–H groups in total.